The van der Waals surface area contributed by atoms with Crippen LogP contribution in [-0.4, -0.2) is 18.1 Å². The predicted octanol–water partition coefficient (Wildman–Crippen LogP) is 1.99. The zero-order valence-corrected chi connectivity index (χ0v) is 10.3. The maximum absolute atomic E-state index is 5.61. The molecule has 3 heteroatoms. The van der Waals surface area contributed by atoms with Crippen LogP contribution in [0.25, 0.3) is 0 Å². The average Bonchev–Trinajstić information content (AvgIpc) is 3.18. The van der Waals surface area contributed by atoms with Crippen molar-refractivity contribution >= 4 is 5.69 Å². The lowest BCUT2D eigenvalue weighted by Crippen LogP contribution is -2.27. The number of aromatic nitrogens is 1. The minimum absolute atomic E-state index is 0.703. The van der Waals surface area contributed by atoms with Crippen LogP contribution in [0.4, 0.5) is 5.69 Å². The van der Waals surface area contributed by atoms with E-state index in [-0.39, 0.29) is 0 Å². The maximum atomic E-state index is 5.61. The highest BCUT2D eigenvalue weighted by Crippen LogP contribution is 2.60. The number of nitrogen functional groups attached to an aromatic ring is 1. The van der Waals surface area contributed by atoms with Crippen molar-refractivity contribution in [2.45, 2.75) is 32.1 Å². The second-order valence-corrected chi connectivity index (χ2v) is 5.65. The molecule has 1 aromatic rings. The Kier molecular flexibility index (Phi) is 2.79. The van der Waals surface area contributed by atoms with E-state index in [0.717, 1.165) is 30.3 Å². The van der Waals surface area contributed by atoms with E-state index >= 15 is 0 Å². The van der Waals surface area contributed by atoms with E-state index in [1.165, 1.54) is 32.2 Å². The Bertz CT molecular complexity index is 377. The molecule has 1 aromatic heterocycles. The number of nitrogens with two attached hydrogens (primary N) is 1. The molecule has 2 saturated carbocycles. The van der Waals surface area contributed by atoms with Gasteiger partial charge in [0.15, 0.2) is 0 Å². The first kappa shape index (κ1) is 11.0. The van der Waals surface area contributed by atoms with E-state index in [9.17, 15) is 0 Å². The van der Waals surface area contributed by atoms with Crippen molar-refractivity contribution in [3.63, 3.8) is 0 Å². The lowest BCUT2D eigenvalue weighted by atomic mass is 10.0. The van der Waals surface area contributed by atoms with Crippen molar-refractivity contribution in [3.05, 3.63) is 24.0 Å². The van der Waals surface area contributed by atoms with Gasteiger partial charge in [-0.15, -0.1) is 0 Å². The van der Waals surface area contributed by atoms with Crippen LogP contribution in [0.15, 0.2) is 18.3 Å². The highest BCUT2D eigenvalue weighted by molar-refractivity contribution is 5.34. The van der Waals surface area contributed by atoms with Gasteiger partial charge in [-0.05, 0) is 49.1 Å². The number of anilines is 1. The lowest BCUT2D eigenvalue weighted by Gasteiger charge is -2.14. The van der Waals surface area contributed by atoms with E-state index in [2.05, 4.69) is 10.3 Å². The van der Waals surface area contributed by atoms with Crippen LogP contribution in [0.3, 0.4) is 0 Å². The molecule has 0 bridgehead atoms. The summed E-state index contributed by atoms with van der Waals surface area (Å²) in [6.45, 7) is 2.25. The van der Waals surface area contributed by atoms with Crippen LogP contribution >= 0.6 is 0 Å². The fourth-order valence-electron chi connectivity index (χ4n) is 2.72. The summed E-state index contributed by atoms with van der Waals surface area (Å²) in [6, 6.07) is 3.94. The molecular weight excluding hydrogens is 210 g/mol. The molecule has 1 heterocycles. The van der Waals surface area contributed by atoms with Gasteiger partial charge in [-0.25, -0.2) is 0 Å². The van der Waals surface area contributed by atoms with Crippen LogP contribution in [0.1, 0.15) is 31.4 Å². The van der Waals surface area contributed by atoms with Crippen molar-refractivity contribution in [1.29, 1.82) is 0 Å². The largest absolute Gasteiger partial charge is 0.397 e. The standard InChI is InChI=1S/C14H21N3/c15-12-3-4-13(17-9-12)5-8-16-10-14(6-7-14)11-1-2-11/h3-4,9,11,16H,1-2,5-8,10,15H2. The monoisotopic (exact) mass is 231 g/mol. The zero-order valence-electron chi connectivity index (χ0n) is 10.3. The Morgan fingerprint density at radius 2 is 2.18 bits per heavy atom. The molecule has 0 amide bonds. The maximum Gasteiger partial charge on any atom is 0.0501 e. The van der Waals surface area contributed by atoms with Crippen molar-refractivity contribution < 1.29 is 0 Å². The summed E-state index contributed by atoms with van der Waals surface area (Å²) in [4.78, 5) is 4.31. The molecule has 2 aliphatic carbocycles. The number of hydrogen-bond donors (Lipinski definition) is 2. The molecule has 2 aliphatic rings. The second-order valence-electron chi connectivity index (χ2n) is 5.65. The molecule has 0 spiro atoms. The zero-order chi connectivity index (χ0) is 11.7. The van der Waals surface area contributed by atoms with Gasteiger partial charge < -0.3 is 11.1 Å². The molecule has 0 aliphatic heterocycles. The Balaban J connectivity index is 1.39. The molecule has 0 aromatic carbocycles. The summed E-state index contributed by atoms with van der Waals surface area (Å²) in [7, 11) is 0. The summed E-state index contributed by atoms with van der Waals surface area (Å²) in [5, 5.41) is 3.60. The number of nitrogens with zero attached hydrogens (tertiary/aromatic N) is 1. The summed E-state index contributed by atoms with van der Waals surface area (Å²) >= 11 is 0. The Morgan fingerprint density at radius 1 is 1.35 bits per heavy atom. The number of rotatable bonds is 6. The van der Waals surface area contributed by atoms with Gasteiger partial charge in [0.1, 0.15) is 0 Å². The molecule has 2 fully saturated rings. The second kappa shape index (κ2) is 4.30. The van der Waals surface area contributed by atoms with Crippen molar-refractivity contribution in [2.75, 3.05) is 18.8 Å². The first-order valence-electron chi connectivity index (χ1n) is 6.70. The van der Waals surface area contributed by atoms with Crippen LogP contribution in [-0.2, 0) is 6.42 Å². The summed E-state index contributed by atoms with van der Waals surface area (Å²) < 4.78 is 0. The molecule has 0 atom stereocenters. The fraction of sp³-hybridized carbons (Fsp3) is 0.643. The van der Waals surface area contributed by atoms with Gasteiger partial charge in [0.25, 0.3) is 0 Å². The van der Waals surface area contributed by atoms with E-state index in [4.69, 9.17) is 5.73 Å². The highest BCUT2D eigenvalue weighted by atomic mass is 14.9. The third-order valence-corrected chi connectivity index (χ3v) is 4.22. The minimum atomic E-state index is 0.703. The van der Waals surface area contributed by atoms with Gasteiger partial charge in [-0.3, -0.25) is 4.98 Å². The molecular formula is C14H21N3. The number of pyridine rings is 1. The van der Waals surface area contributed by atoms with E-state index in [1.807, 2.05) is 12.1 Å². The quantitative estimate of drug-likeness (QED) is 0.736. The third-order valence-electron chi connectivity index (χ3n) is 4.22. The normalized spacial score (nSPS) is 21.4. The minimum Gasteiger partial charge on any atom is -0.397 e. The van der Waals surface area contributed by atoms with Crippen LogP contribution in [0, 0.1) is 11.3 Å². The molecule has 92 valence electrons. The van der Waals surface area contributed by atoms with Crippen molar-refractivity contribution in [1.82, 2.24) is 10.3 Å². The van der Waals surface area contributed by atoms with Gasteiger partial charge in [0.2, 0.25) is 0 Å². The highest BCUT2D eigenvalue weighted by Gasteiger charge is 2.52. The molecule has 0 saturated heterocycles. The predicted molar refractivity (Wildman–Crippen MR) is 69.6 cm³/mol. The Morgan fingerprint density at radius 3 is 2.76 bits per heavy atom. The first-order valence-corrected chi connectivity index (χ1v) is 6.70. The number of hydrogen-bond acceptors (Lipinski definition) is 3. The smallest absolute Gasteiger partial charge is 0.0501 e. The van der Waals surface area contributed by atoms with Gasteiger partial charge in [-0.2, -0.15) is 0 Å². The number of nitrogens with one attached hydrogen (secondary N) is 1. The molecule has 3 rings (SSSR count). The molecule has 3 nitrogen and oxygen atoms in total. The van der Waals surface area contributed by atoms with Crippen LogP contribution in [0.2, 0.25) is 0 Å². The van der Waals surface area contributed by atoms with Gasteiger partial charge in [0.05, 0.1) is 11.9 Å². The topological polar surface area (TPSA) is 50.9 Å². The van der Waals surface area contributed by atoms with Gasteiger partial charge in [-0.1, -0.05) is 0 Å². The van der Waals surface area contributed by atoms with Crippen LogP contribution < -0.4 is 11.1 Å². The first-order chi connectivity index (χ1) is 8.28. The molecule has 0 unspecified atom stereocenters. The summed E-state index contributed by atoms with van der Waals surface area (Å²) in [5.41, 5.74) is 8.18. The van der Waals surface area contributed by atoms with Crippen molar-refractivity contribution in [2.24, 2.45) is 11.3 Å². The molecule has 3 N–H and O–H groups in total. The Labute approximate surface area is 103 Å². The average molecular weight is 231 g/mol. The SMILES string of the molecule is Nc1ccc(CCNCC2(C3CC3)CC2)nc1. The molecule has 0 radical (unpaired) electrons. The summed E-state index contributed by atoms with van der Waals surface area (Å²) in [5.74, 6) is 1.05. The summed E-state index contributed by atoms with van der Waals surface area (Å²) in [6.07, 6.45) is 8.58. The van der Waals surface area contributed by atoms with Gasteiger partial charge in [0, 0.05) is 25.2 Å². The van der Waals surface area contributed by atoms with E-state index < -0.39 is 0 Å². The fourth-order valence-corrected chi connectivity index (χ4v) is 2.72. The van der Waals surface area contributed by atoms with Crippen LogP contribution in [0.5, 0.6) is 0 Å². The van der Waals surface area contributed by atoms with E-state index in [0.29, 0.717) is 5.41 Å². The Hall–Kier alpha value is -1.09. The van der Waals surface area contributed by atoms with Crippen molar-refractivity contribution in [3.8, 4) is 0 Å². The third kappa shape index (κ3) is 2.60. The van der Waals surface area contributed by atoms with E-state index in [1.54, 1.807) is 6.20 Å². The van der Waals surface area contributed by atoms with Gasteiger partial charge >= 0.3 is 0 Å². The lowest BCUT2D eigenvalue weighted by molar-refractivity contribution is 0.405. The molecule has 17 heavy (non-hydrogen) atoms.